The van der Waals surface area contributed by atoms with Crippen molar-refractivity contribution in [3.63, 3.8) is 0 Å². The number of fused-ring (bicyclic) bond motifs is 1. The van der Waals surface area contributed by atoms with Gasteiger partial charge in [0.2, 0.25) is 0 Å². The van der Waals surface area contributed by atoms with Crippen LogP contribution in [0.5, 0.6) is 5.75 Å². The Morgan fingerprint density at radius 1 is 0.895 bits per heavy atom. The van der Waals surface area contributed by atoms with E-state index in [1.54, 1.807) is 31.4 Å². The lowest BCUT2D eigenvalue weighted by Gasteiger charge is -2.36. The van der Waals surface area contributed by atoms with Crippen molar-refractivity contribution in [3.8, 4) is 16.9 Å². The first kappa shape index (κ1) is 39.9. The number of hydrogen-bond acceptors (Lipinski definition) is 9. The van der Waals surface area contributed by atoms with Gasteiger partial charge in [0, 0.05) is 98.6 Å². The minimum atomic E-state index is -0.280. The second-order valence-electron chi connectivity index (χ2n) is 15.3. The van der Waals surface area contributed by atoms with Crippen LogP contribution >= 0.6 is 0 Å². The molecule has 0 spiro atoms. The van der Waals surface area contributed by atoms with Gasteiger partial charge in [0.15, 0.2) is 5.65 Å². The van der Waals surface area contributed by atoms with E-state index in [-0.39, 0.29) is 30.9 Å². The van der Waals surface area contributed by atoms with Gasteiger partial charge in [-0.15, -0.1) is 0 Å². The Morgan fingerprint density at radius 3 is 2.30 bits per heavy atom. The highest BCUT2D eigenvalue weighted by Gasteiger charge is 2.23. The van der Waals surface area contributed by atoms with E-state index in [0.717, 1.165) is 77.1 Å². The van der Waals surface area contributed by atoms with Crippen molar-refractivity contribution in [1.82, 2.24) is 35.6 Å². The minimum absolute atomic E-state index is 0.248. The van der Waals surface area contributed by atoms with Crippen LogP contribution < -0.4 is 26.0 Å². The number of pyridine rings is 1. The number of aromatic nitrogens is 3. The van der Waals surface area contributed by atoms with Crippen LogP contribution in [0.3, 0.4) is 0 Å². The standard InChI is InChI=1S/C45H56N8O4/c1-6-40-38(42(50-37-16-18-57-19-17-37)39-25-48-53(7-2)43(39)51-40)24-47-45(55)35-13-9-12-34(22-35)44(54)46-23-36-21-33(14-15-41(36)56-5)32-11-8-10-31(20-32)28-52-26-29(3)49-30(4)27-52/h8-15,20-22,25,29-30,37,49H,6-7,16-19,23-24,26-28H2,1-5H3,(H,46,54)(H,47,55)(H,50,51)/t29-,30+. The second-order valence-corrected chi connectivity index (χ2v) is 15.3. The van der Waals surface area contributed by atoms with Gasteiger partial charge >= 0.3 is 0 Å². The maximum Gasteiger partial charge on any atom is 0.251 e. The molecule has 2 aliphatic rings. The molecule has 0 radical (unpaired) electrons. The molecule has 0 bridgehead atoms. The van der Waals surface area contributed by atoms with Crippen LogP contribution in [0.15, 0.2) is 72.9 Å². The summed E-state index contributed by atoms with van der Waals surface area (Å²) in [4.78, 5) is 34.7. The topological polar surface area (TPSA) is 135 Å². The van der Waals surface area contributed by atoms with Crippen LogP contribution in [0, 0.1) is 0 Å². The van der Waals surface area contributed by atoms with E-state index in [9.17, 15) is 9.59 Å². The number of nitrogens with zero attached hydrogens (tertiary/aromatic N) is 4. The fourth-order valence-corrected chi connectivity index (χ4v) is 8.22. The van der Waals surface area contributed by atoms with Crippen LogP contribution in [-0.4, -0.2) is 83.0 Å². The summed E-state index contributed by atoms with van der Waals surface area (Å²) in [5.41, 5.74) is 8.74. The zero-order chi connectivity index (χ0) is 39.9. The number of nitrogens with one attached hydrogen (secondary N) is 4. The molecule has 12 heteroatoms. The minimum Gasteiger partial charge on any atom is -0.496 e. The number of amides is 2. The zero-order valence-corrected chi connectivity index (χ0v) is 33.9. The van der Waals surface area contributed by atoms with E-state index >= 15 is 0 Å². The zero-order valence-electron chi connectivity index (χ0n) is 33.9. The maximum atomic E-state index is 13.7. The summed E-state index contributed by atoms with van der Waals surface area (Å²) in [5.74, 6) is 0.141. The normalized spacial score (nSPS) is 17.7. The van der Waals surface area contributed by atoms with Crippen molar-refractivity contribution in [2.75, 3.05) is 38.7 Å². The molecule has 0 unspecified atom stereocenters. The Balaban J connectivity index is 1.03. The molecule has 12 nitrogen and oxygen atoms in total. The molecular weight excluding hydrogens is 717 g/mol. The molecule has 2 aliphatic heterocycles. The predicted octanol–water partition coefficient (Wildman–Crippen LogP) is 6.32. The number of ether oxygens (including phenoxy) is 2. The number of methoxy groups -OCH3 is 1. The van der Waals surface area contributed by atoms with Crippen LogP contribution in [0.25, 0.3) is 22.2 Å². The van der Waals surface area contributed by atoms with Crippen LogP contribution in [0.4, 0.5) is 5.69 Å². The quantitative estimate of drug-likeness (QED) is 0.102. The molecule has 2 aromatic heterocycles. The van der Waals surface area contributed by atoms with Crippen molar-refractivity contribution in [3.05, 3.63) is 106 Å². The van der Waals surface area contributed by atoms with Crippen LogP contribution in [0.1, 0.15) is 83.6 Å². The third kappa shape index (κ3) is 9.47. The molecule has 0 saturated carbocycles. The van der Waals surface area contributed by atoms with Gasteiger partial charge in [-0.25, -0.2) is 9.67 Å². The Kier molecular flexibility index (Phi) is 12.8. The van der Waals surface area contributed by atoms with Gasteiger partial charge < -0.3 is 30.7 Å². The molecule has 300 valence electrons. The number of aryl methyl sites for hydroxylation is 2. The van der Waals surface area contributed by atoms with Gasteiger partial charge in [-0.2, -0.15) is 5.10 Å². The summed E-state index contributed by atoms with van der Waals surface area (Å²) in [6.07, 6.45) is 4.36. The average molecular weight is 773 g/mol. The third-order valence-electron chi connectivity index (χ3n) is 11.0. The predicted molar refractivity (Wildman–Crippen MR) is 225 cm³/mol. The number of hydrogen-bond donors (Lipinski definition) is 4. The molecule has 57 heavy (non-hydrogen) atoms. The van der Waals surface area contributed by atoms with E-state index in [0.29, 0.717) is 55.1 Å². The number of carbonyl (C=O) groups excluding carboxylic acids is 2. The van der Waals surface area contributed by atoms with E-state index in [1.165, 1.54) is 5.56 Å². The summed E-state index contributed by atoms with van der Waals surface area (Å²) in [6.45, 7) is 14.2. The first-order chi connectivity index (χ1) is 27.7. The van der Waals surface area contributed by atoms with Crippen molar-refractivity contribution >= 4 is 28.5 Å². The second kappa shape index (κ2) is 18.3. The van der Waals surface area contributed by atoms with E-state index in [1.807, 2.05) is 16.9 Å². The third-order valence-corrected chi connectivity index (χ3v) is 11.0. The van der Waals surface area contributed by atoms with E-state index < -0.39 is 0 Å². The highest BCUT2D eigenvalue weighted by Crippen LogP contribution is 2.32. The average Bonchev–Trinajstić information content (AvgIpc) is 3.65. The first-order valence-corrected chi connectivity index (χ1v) is 20.4. The molecule has 7 rings (SSSR count). The smallest absolute Gasteiger partial charge is 0.251 e. The fourth-order valence-electron chi connectivity index (χ4n) is 8.22. The lowest BCUT2D eigenvalue weighted by molar-refractivity contribution is 0.0904. The van der Waals surface area contributed by atoms with Crippen molar-refractivity contribution in [2.45, 2.75) is 91.3 Å². The summed E-state index contributed by atoms with van der Waals surface area (Å²) in [7, 11) is 1.64. The summed E-state index contributed by atoms with van der Waals surface area (Å²) < 4.78 is 13.2. The maximum absolute atomic E-state index is 13.7. The molecule has 2 atom stereocenters. The lowest BCUT2D eigenvalue weighted by atomic mass is 9.99. The van der Waals surface area contributed by atoms with E-state index in [2.05, 4.69) is 95.4 Å². The van der Waals surface area contributed by atoms with Gasteiger partial charge in [0.25, 0.3) is 11.8 Å². The molecule has 2 amide bonds. The number of rotatable bonds is 14. The Labute approximate surface area is 335 Å². The van der Waals surface area contributed by atoms with Crippen LogP contribution in [-0.2, 0) is 37.3 Å². The Hall–Kier alpha value is -5.30. The first-order valence-electron chi connectivity index (χ1n) is 20.4. The van der Waals surface area contributed by atoms with Crippen molar-refractivity contribution in [1.29, 1.82) is 0 Å². The fraction of sp³-hybridized carbons (Fsp3) is 0.422. The number of benzene rings is 3. The molecule has 4 heterocycles. The Bertz CT molecular complexity index is 2190. The SMILES string of the molecule is CCc1nc2c(cnn2CC)c(NC2CCOCC2)c1CNC(=O)c1cccc(C(=O)NCc2cc(-c3cccc(CN4C[C@@H](C)N[C@@H](C)C4)c3)ccc2OC)c1. The van der Waals surface area contributed by atoms with Gasteiger partial charge in [-0.3, -0.25) is 14.5 Å². The highest BCUT2D eigenvalue weighted by atomic mass is 16.5. The number of piperazine rings is 1. The summed E-state index contributed by atoms with van der Waals surface area (Å²) >= 11 is 0. The summed E-state index contributed by atoms with van der Waals surface area (Å²) in [5, 5.41) is 19.1. The van der Waals surface area contributed by atoms with Gasteiger partial charge in [0.05, 0.1) is 24.4 Å². The van der Waals surface area contributed by atoms with Gasteiger partial charge in [-0.1, -0.05) is 37.3 Å². The molecule has 2 saturated heterocycles. The highest BCUT2D eigenvalue weighted by molar-refractivity contribution is 6.00. The Morgan fingerprint density at radius 2 is 1.60 bits per heavy atom. The summed E-state index contributed by atoms with van der Waals surface area (Å²) in [6, 6.07) is 22.7. The van der Waals surface area contributed by atoms with E-state index in [4.69, 9.17) is 14.5 Å². The number of anilines is 1. The largest absolute Gasteiger partial charge is 0.496 e. The molecule has 3 aromatic carbocycles. The lowest BCUT2D eigenvalue weighted by Crippen LogP contribution is -2.53. The van der Waals surface area contributed by atoms with Gasteiger partial charge in [0.1, 0.15) is 5.75 Å². The molecule has 4 N–H and O–H groups in total. The number of carbonyl (C=O) groups is 2. The monoisotopic (exact) mass is 772 g/mol. The molecule has 0 aliphatic carbocycles. The van der Waals surface area contributed by atoms with Gasteiger partial charge in [-0.05, 0) is 93.1 Å². The molecule has 5 aromatic rings. The molecular formula is C45H56N8O4. The van der Waals surface area contributed by atoms with Crippen molar-refractivity contribution < 1.29 is 19.1 Å². The van der Waals surface area contributed by atoms with Crippen molar-refractivity contribution in [2.24, 2.45) is 0 Å². The molecule has 2 fully saturated rings. The van der Waals surface area contributed by atoms with Crippen LogP contribution in [0.2, 0.25) is 0 Å².